The molecule has 27 heavy (non-hydrogen) atoms. The van der Waals surface area contributed by atoms with Crippen LogP contribution >= 0.6 is 0 Å². The molecule has 1 aromatic carbocycles. The average Bonchev–Trinajstić information content (AvgIpc) is 3.10. The molecule has 1 N–H and O–H groups in total. The Bertz CT molecular complexity index is 1010. The molecule has 2 aliphatic heterocycles. The van der Waals surface area contributed by atoms with Crippen LogP contribution in [0.5, 0.6) is 0 Å². The summed E-state index contributed by atoms with van der Waals surface area (Å²) in [7, 11) is 0. The second-order valence-electron chi connectivity index (χ2n) is 7.95. The van der Waals surface area contributed by atoms with Gasteiger partial charge in [-0.2, -0.15) is 0 Å². The van der Waals surface area contributed by atoms with Crippen LogP contribution in [-0.2, 0) is 0 Å². The fourth-order valence-corrected chi connectivity index (χ4v) is 4.61. The second-order valence-corrected chi connectivity index (χ2v) is 7.95. The van der Waals surface area contributed by atoms with Crippen molar-refractivity contribution in [2.75, 3.05) is 5.32 Å². The first-order chi connectivity index (χ1) is 13.1. The van der Waals surface area contributed by atoms with Gasteiger partial charge in [-0.15, -0.1) is 0 Å². The molecule has 0 saturated carbocycles. The molecule has 3 aromatic rings. The lowest BCUT2D eigenvalue weighted by molar-refractivity contribution is -0.00600. The number of urea groups is 1. The predicted molar refractivity (Wildman–Crippen MR) is 105 cm³/mol. The number of hydrogen-bond donors (Lipinski definition) is 1. The number of imidazole rings is 1. The van der Waals surface area contributed by atoms with E-state index < -0.39 is 0 Å². The van der Waals surface area contributed by atoms with Gasteiger partial charge in [0.25, 0.3) is 0 Å². The van der Waals surface area contributed by atoms with Crippen molar-refractivity contribution in [3.63, 3.8) is 0 Å². The monoisotopic (exact) mass is 361 g/mol. The summed E-state index contributed by atoms with van der Waals surface area (Å²) in [6.45, 7) is 4.34. The summed E-state index contributed by atoms with van der Waals surface area (Å²) in [6.07, 6.45) is 10.8. The number of rotatable bonds is 2. The topological polar surface area (TPSA) is 62.5 Å². The average molecular weight is 361 g/mol. The van der Waals surface area contributed by atoms with E-state index in [-0.39, 0.29) is 6.03 Å². The van der Waals surface area contributed by atoms with Gasteiger partial charge < -0.3 is 14.6 Å². The van der Waals surface area contributed by atoms with Crippen LogP contribution < -0.4 is 5.32 Å². The van der Waals surface area contributed by atoms with Crippen molar-refractivity contribution in [3.05, 3.63) is 48.5 Å². The molecular weight excluding hydrogens is 338 g/mol. The van der Waals surface area contributed by atoms with E-state index in [1.807, 2.05) is 39.9 Å². The highest BCUT2D eigenvalue weighted by Gasteiger charge is 2.46. The highest BCUT2D eigenvalue weighted by atomic mass is 16.2. The van der Waals surface area contributed by atoms with E-state index in [0.717, 1.165) is 53.3 Å². The molecule has 6 heteroatoms. The summed E-state index contributed by atoms with van der Waals surface area (Å²) in [4.78, 5) is 23.6. The number of aromatic nitrogens is 3. The maximum absolute atomic E-state index is 12.8. The van der Waals surface area contributed by atoms with Gasteiger partial charge >= 0.3 is 6.03 Å². The van der Waals surface area contributed by atoms with Crippen LogP contribution in [0.4, 0.5) is 10.5 Å². The van der Waals surface area contributed by atoms with E-state index in [1.165, 1.54) is 0 Å². The molecule has 0 spiro atoms. The Labute approximate surface area is 158 Å². The smallest absolute Gasteiger partial charge is 0.318 e. The minimum Gasteiger partial charge on any atom is -0.318 e. The zero-order chi connectivity index (χ0) is 18.5. The van der Waals surface area contributed by atoms with Gasteiger partial charge in [0, 0.05) is 41.9 Å². The summed E-state index contributed by atoms with van der Waals surface area (Å²) >= 11 is 0. The zero-order valence-corrected chi connectivity index (χ0v) is 15.6. The number of carbonyl (C=O) groups excluding carboxylic acids is 1. The SMILES string of the molecule is Cc1ccc(NC(=O)N2C3CC(C)C[C@H]2C3)cc1-c1cn2ccnc2cn1. The third-order valence-corrected chi connectivity index (χ3v) is 5.96. The van der Waals surface area contributed by atoms with E-state index in [2.05, 4.69) is 29.1 Å². The minimum absolute atomic E-state index is 0.0240. The summed E-state index contributed by atoms with van der Waals surface area (Å²) in [5.41, 5.74) is 4.63. The second kappa shape index (κ2) is 6.08. The minimum atomic E-state index is 0.0240. The van der Waals surface area contributed by atoms with Crippen molar-refractivity contribution >= 4 is 17.4 Å². The van der Waals surface area contributed by atoms with Crippen molar-refractivity contribution in [2.24, 2.45) is 5.92 Å². The first-order valence-electron chi connectivity index (χ1n) is 9.57. The van der Waals surface area contributed by atoms with E-state index in [0.29, 0.717) is 12.1 Å². The van der Waals surface area contributed by atoms with Crippen LogP contribution in [0.1, 0.15) is 31.7 Å². The molecule has 2 saturated heterocycles. The van der Waals surface area contributed by atoms with Crippen molar-refractivity contribution in [1.29, 1.82) is 0 Å². The van der Waals surface area contributed by atoms with Gasteiger partial charge in [0.2, 0.25) is 0 Å². The summed E-state index contributed by atoms with van der Waals surface area (Å²) in [6, 6.07) is 6.85. The molecule has 0 aliphatic carbocycles. The molecule has 138 valence electrons. The lowest BCUT2D eigenvalue weighted by atomic mass is 9.74. The number of hydrogen-bond acceptors (Lipinski definition) is 3. The van der Waals surface area contributed by atoms with Gasteiger partial charge in [-0.05, 0) is 49.8 Å². The third-order valence-electron chi connectivity index (χ3n) is 5.96. The first kappa shape index (κ1) is 16.3. The number of fused-ring (bicyclic) bond motifs is 3. The van der Waals surface area contributed by atoms with Gasteiger partial charge in [0.05, 0.1) is 11.9 Å². The number of piperidine rings is 1. The molecule has 3 atom stereocenters. The quantitative estimate of drug-likeness (QED) is 0.747. The Balaban J connectivity index is 1.39. The summed E-state index contributed by atoms with van der Waals surface area (Å²) < 4.78 is 1.95. The number of aryl methyl sites for hydroxylation is 1. The van der Waals surface area contributed by atoms with Crippen molar-refractivity contribution < 1.29 is 4.79 Å². The number of anilines is 1. The number of carbonyl (C=O) groups is 1. The van der Waals surface area contributed by atoms with Gasteiger partial charge in [-0.3, -0.25) is 4.98 Å². The molecule has 0 radical (unpaired) electrons. The van der Waals surface area contributed by atoms with Crippen molar-refractivity contribution in [3.8, 4) is 11.3 Å². The predicted octanol–water partition coefficient (Wildman–Crippen LogP) is 4.11. The Morgan fingerprint density at radius 3 is 2.81 bits per heavy atom. The Morgan fingerprint density at radius 2 is 2.00 bits per heavy atom. The summed E-state index contributed by atoms with van der Waals surface area (Å²) in [5, 5.41) is 3.10. The Hall–Kier alpha value is -2.89. The van der Waals surface area contributed by atoms with Crippen LogP contribution in [0, 0.1) is 12.8 Å². The van der Waals surface area contributed by atoms with Gasteiger partial charge in [0.15, 0.2) is 5.65 Å². The molecule has 2 amide bonds. The fourth-order valence-electron chi connectivity index (χ4n) is 4.61. The van der Waals surface area contributed by atoms with Crippen LogP contribution in [0.3, 0.4) is 0 Å². The van der Waals surface area contributed by atoms with Crippen molar-refractivity contribution in [1.82, 2.24) is 19.3 Å². The molecule has 2 aliphatic rings. The maximum atomic E-state index is 12.8. The van der Waals surface area contributed by atoms with Crippen molar-refractivity contribution in [2.45, 2.75) is 45.2 Å². The molecule has 2 fully saturated rings. The molecule has 2 aromatic heterocycles. The Morgan fingerprint density at radius 1 is 1.19 bits per heavy atom. The Kier molecular flexibility index (Phi) is 3.67. The molecule has 2 bridgehead atoms. The number of nitrogens with zero attached hydrogens (tertiary/aromatic N) is 4. The highest BCUT2D eigenvalue weighted by molar-refractivity contribution is 5.91. The molecule has 6 nitrogen and oxygen atoms in total. The van der Waals surface area contributed by atoms with Crippen LogP contribution in [0.25, 0.3) is 16.9 Å². The largest absolute Gasteiger partial charge is 0.322 e. The van der Waals surface area contributed by atoms with Gasteiger partial charge in [-0.1, -0.05) is 13.0 Å². The number of amides is 2. The normalized spacial score (nSPS) is 23.9. The lowest BCUT2D eigenvalue weighted by Crippen LogP contribution is -2.63. The molecule has 4 heterocycles. The molecular formula is C21H23N5O. The van der Waals surface area contributed by atoms with Crippen LogP contribution in [0.15, 0.2) is 43.0 Å². The highest BCUT2D eigenvalue weighted by Crippen LogP contribution is 2.41. The standard InChI is InChI=1S/C21H23N5O/c1-13-7-16-10-17(8-13)26(16)21(27)24-15-4-3-14(2)18(9-15)19-12-25-6-5-22-20(25)11-23-19/h3-6,9,11-13,16-17H,7-8,10H2,1-2H3,(H,24,27)/t13?,16-,17?/m0/s1. The number of benzene rings is 1. The molecule has 5 rings (SSSR count). The van der Waals surface area contributed by atoms with Crippen LogP contribution in [0.2, 0.25) is 0 Å². The number of nitrogens with one attached hydrogen (secondary N) is 1. The van der Waals surface area contributed by atoms with Gasteiger partial charge in [0.1, 0.15) is 0 Å². The fraction of sp³-hybridized carbons (Fsp3) is 0.381. The first-order valence-corrected chi connectivity index (χ1v) is 9.57. The van der Waals surface area contributed by atoms with Gasteiger partial charge in [-0.25, -0.2) is 9.78 Å². The third kappa shape index (κ3) is 2.76. The molecule has 2 unspecified atom stereocenters. The zero-order valence-electron chi connectivity index (χ0n) is 15.6. The van der Waals surface area contributed by atoms with E-state index in [4.69, 9.17) is 0 Å². The maximum Gasteiger partial charge on any atom is 0.322 e. The lowest BCUT2D eigenvalue weighted by Gasteiger charge is -2.54. The summed E-state index contributed by atoms with van der Waals surface area (Å²) in [5.74, 6) is 0.730. The van der Waals surface area contributed by atoms with E-state index >= 15 is 0 Å². The van der Waals surface area contributed by atoms with E-state index in [9.17, 15) is 4.79 Å². The van der Waals surface area contributed by atoms with E-state index in [1.54, 1.807) is 12.4 Å². The van der Waals surface area contributed by atoms with Crippen LogP contribution in [-0.4, -0.2) is 37.4 Å².